The highest BCUT2D eigenvalue weighted by atomic mass is 16.6. The van der Waals surface area contributed by atoms with Crippen LogP contribution in [0.5, 0.6) is 5.75 Å². The zero-order valence-corrected chi connectivity index (χ0v) is 12.8. The van der Waals surface area contributed by atoms with Crippen molar-refractivity contribution in [1.29, 1.82) is 0 Å². The monoisotopic (exact) mass is 309 g/mol. The molecule has 0 amide bonds. The van der Waals surface area contributed by atoms with Gasteiger partial charge < -0.3 is 13.9 Å². The van der Waals surface area contributed by atoms with E-state index in [2.05, 4.69) is 4.99 Å². The van der Waals surface area contributed by atoms with E-state index in [-0.39, 0.29) is 11.6 Å². The lowest BCUT2D eigenvalue weighted by Crippen LogP contribution is -2.01. The fourth-order valence-corrected chi connectivity index (χ4v) is 2.13. The third-order valence-electron chi connectivity index (χ3n) is 3.22. The summed E-state index contributed by atoms with van der Waals surface area (Å²) in [6, 6.07) is 11.1. The highest BCUT2D eigenvalue weighted by molar-refractivity contribution is 6.11. The Morgan fingerprint density at radius 1 is 1.13 bits per heavy atom. The number of carbonyl (C=O) groups excluding carboxylic acids is 1. The quantitative estimate of drug-likeness (QED) is 0.639. The Hall–Kier alpha value is -3.08. The molecular formula is C18H15NO4. The lowest BCUT2D eigenvalue weighted by Gasteiger charge is -2.02. The smallest absolute Gasteiger partial charge is 0.363 e. The maximum atomic E-state index is 11.8. The van der Waals surface area contributed by atoms with E-state index in [1.807, 2.05) is 37.3 Å². The Kier molecular flexibility index (Phi) is 4.10. The second-order valence-corrected chi connectivity index (χ2v) is 4.89. The van der Waals surface area contributed by atoms with Gasteiger partial charge in [-0.2, -0.15) is 0 Å². The van der Waals surface area contributed by atoms with E-state index in [0.29, 0.717) is 5.76 Å². The summed E-state index contributed by atoms with van der Waals surface area (Å²) in [5.41, 5.74) is 1.08. The summed E-state index contributed by atoms with van der Waals surface area (Å²) in [5.74, 6) is 1.79. The first-order valence-corrected chi connectivity index (χ1v) is 7.06. The van der Waals surface area contributed by atoms with E-state index in [9.17, 15) is 4.79 Å². The second kappa shape index (κ2) is 6.36. The summed E-state index contributed by atoms with van der Waals surface area (Å²) in [5, 5.41) is 0. The van der Waals surface area contributed by atoms with Crippen molar-refractivity contribution in [3.8, 4) is 5.75 Å². The minimum atomic E-state index is -0.501. The molecule has 0 atom stereocenters. The zero-order valence-electron chi connectivity index (χ0n) is 12.8. The Balaban J connectivity index is 1.81. The molecule has 5 nitrogen and oxygen atoms in total. The summed E-state index contributed by atoms with van der Waals surface area (Å²) < 4.78 is 15.8. The molecule has 116 valence electrons. The number of hydrogen-bond acceptors (Lipinski definition) is 5. The van der Waals surface area contributed by atoms with Gasteiger partial charge in [0.25, 0.3) is 0 Å². The van der Waals surface area contributed by atoms with Gasteiger partial charge in [0.05, 0.1) is 7.11 Å². The second-order valence-electron chi connectivity index (χ2n) is 4.89. The lowest BCUT2D eigenvalue weighted by atomic mass is 10.2. The fraction of sp³-hybridized carbons (Fsp3) is 0.111. The number of carbonyl (C=O) groups is 1. The minimum Gasteiger partial charge on any atom is -0.496 e. The molecule has 2 heterocycles. The van der Waals surface area contributed by atoms with Gasteiger partial charge in [-0.3, -0.25) is 0 Å². The number of methoxy groups -OCH3 is 1. The van der Waals surface area contributed by atoms with Crippen molar-refractivity contribution in [3.63, 3.8) is 0 Å². The van der Waals surface area contributed by atoms with Crippen LogP contribution in [0.3, 0.4) is 0 Å². The molecule has 1 aliphatic rings. The van der Waals surface area contributed by atoms with Crippen LogP contribution in [0.4, 0.5) is 0 Å². The van der Waals surface area contributed by atoms with E-state index in [1.165, 1.54) is 0 Å². The number of aliphatic imine (C=N–C) groups is 1. The molecule has 0 radical (unpaired) electrons. The van der Waals surface area contributed by atoms with Crippen molar-refractivity contribution in [3.05, 3.63) is 65.3 Å². The predicted molar refractivity (Wildman–Crippen MR) is 87.0 cm³/mol. The van der Waals surface area contributed by atoms with Gasteiger partial charge in [-0.05, 0) is 31.2 Å². The molecule has 1 aromatic carbocycles. The van der Waals surface area contributed by atoms with Crippen molar-refractivity contribution in [2.24, 2.45) is 4.99 Å². The third kappa shape index (κ3) is 3.40. The number of rotatable bonds is 4. The molecule has 3 rings (SSSR count). The number of furan rings is 1. The average Bonchev–Trinajstić information content (AvgIpc) is 3.12. The molecule has 1 aliphatic heterocycles. The molecule has 5 heteroatoms. The molecule has 0 fully saturated rings. The van der Waals surface area contributed by atoms with Crippen LogP contribution in [-0.2, 0) is 9.53 Å². The third-order valence-corrected chi connectivity index (χ3v) is 3.22. The Morgan fingerprint density at radius 2 is 1.96 bits per heavy atom. The maximum absolute atomic E-state index is 11.8. The van der Waals surface area contributed by atoms with Gasteiger partial charge in [-0.25, -0.2) is 9.79 Å². The molecular weight excluding hydrogens is 294 g/mol. The number of ether oxygens (including phenoxy) is 2. The topological polar surface area (TPSA) is 61.0 Å². The first-order chi connectivity index (χ1) is 11.2. The molecule has 0 saturated carbocycles. The number of cyclic esters (lactones) is 1. The van der Waals surface area contributed by atoms with Crippen LogP contribution in [-0.4, -0.2) is 19.0 Å². The van der Waals surface area contributed by atoms with E-state index >= 15 is 0 Å². The van der Waals surface area contributed by atoms with Crippen LogP contribution in [0.1, 0.15) is 17.1 Å². The van der Waals surface area contributed by atoms with Gasteiger partial charge in [0.2, 0.25) is 5.90 Å². The highest BCUT2D eigenvalue weighted by Crippen LogP contribution is 2.21. The van der Waals surface area contributed by atoms with Crippen molar-refractivity contribution in [2.45, 2.75) is 6.92 Å². The molecule has 0 unspecified atom stereocenters. The predicted octanol–water partition coefficient (Wildman–Crippen LogP) is 3.61. The van der Waals surface area contributed by atoms with Crippen molar-refractivity contribution < 1.29 is 18.7 Å². The molecule has 0 bridgehead atoms. The van der Waals surface area contributed by atoms with Crippen LogP contribution in [0, 0.1) is 6.92 Å². The maximum Gasteiger partial charge on any atom is 0.363 e. The lowest BCUT2D eigenvalue weighted by molar-refractivity contribution is -0.129. The molecule has 0 aliphatic carbocycles. The summed E-state index contributed by atoms with van der Waals surface area (Å²) in [7, 11) is 1.60. The molecule has 0 saturated heterocycles. The van der Waals surface area contributed by atoms with Crippen LogP contribution < -0.4 is 4.74 Å². The van der Waals surface area contributed by atoms with Gasteiger partial charge in [0.15, 0.2) is 5.70 Å². The Bertz CT molecular complexity index is 827. The summed E-state index contributed by atoms with van der Waals surface area (Å²) in [6.45, 7) is 1.83. The van der Waals surface area contributed by atoms with Crippen LogP contribution >= 0.6 is 0 Å². The van der Waals surface area contributed by atoms with Crippen molar-refractivity contribution >= 4 is 24.0 Å². The first-order valence-electron chi connectivity index (χ1n) is 7.06. The van der Waals surface area contributed by atoms with Crippen molar-refractivity contribution in [2.75, 3.05) is 7.11 Å². The number of hydrogen-bond donors (Lipinski definition) is 0. The van der Waals surface area contributed by atoms with Gasteiger partial charge in [0, 0.05) is 17.7 Å². The summed E-state index contributed by atoms with van der Waals surface area (Å²) >= 11 is 0. The van der Waals surface area contributed by atoms with E-state index in [0.717, 1.165) is 17.1 Å². The molecule has 0 N–H and O–H groups in total. The number of nitrogens with zero attached hydrogens (tertiary/aromatic N) is 1. The van der Waals surface area contributed by atoms with Crippen LogP contribution in [0.25, 0.3) is 12.2 Å². The van der Waals surface area contributed by atoms with E-state index < -0.39 is 5.97 Å². The molecule has 1 aromatic heterocycles. The number of esters is 1. The molecule has 23 heavy (non-hydrogen) atoms. The number of para-hydroxylation sites is 1. The van der Waals surface area contributed by atoms with Gasteiger partial charge in [-0.15, -0.1) is 0 Å². The summed E-state index contributed by atoms with van der Waals surface area (Å²) in [4.78, 5) is 16.0. The highest BCUT2D eigenvalue weighted by Gasteiger charge is 2.21. The SMILES string of the molecule is COc1ccccc1/C=C/C1=NC(=C/c2ccc(C)o2)/C(=O)O1. The standard InChI is InChI=1S/C18H15NO4/c1-12-7-9-14(22-12)11-15-18(20)23-17(19-15)10-8-13-5-3-4-6-16(13)21-2/h3-11H,1-2H3/b10-8+,15-11+. The fourth-order valence-electron chi connectivity index (χ4n) is 2.13. The van der Waals surface area contributed by atoms with E-state index in [4.69, 9.17) is 13.9 Å². The average molecular weight is 309 g/mol. The number of benzene rings is 1. The van der Waals surface area contributed by atoms with Crippen molar-refractivity contribution in [1.82, 2.24) is 0 Å². The largest absolute Gasteiger partial charge is 0.496 e. The van der Waals surface area contributed by atoms with E-state index in [1.54, 1.807) is 31.4 Å². The first kappa shape index (κ1) is 14.8. The van der Waals surface area contributed by atoms with Crippen LogP contribution in [0.2, 0.25) is 0 Å². The van der Waals surface area contributed by atoms with Crippen LogP contribution in [0.15, 0.2) is 57.6 Å². The van der Waals surface area contributed by atoms with Gasteiger partial charge >= 0.3 is 5.97 Å². The molecule has 2 aromatic rings. The normalized spacial score (nSPS) is 16.0. The van der Waals surface area contributed by atoms with Gasteiger partial charge in [-0.1, -0.05) is 18.2 Å². The van der Waals surface area contributed by atoms with Gasteiger partial charge in [0.1, 0.15) is 17.3 Å². The Labute approximate surface area is 133 Å². The summed E-state index contributed by atoms with van der Waals surface area (Å²) in [6.07, 6.45) is 4.97. The molecule has 0 spiro atoms. The zero-order chi connectivity index (χ0) is 16.2. The minimum absolute atomic E-state index is 0.207. The number of aryl methyl sites for hydroxylation is 1. The Morgan fingerprint density at radius 3 is 2.70 bits per heavy atom.